The summed E-state index contributed by atoms with van der Waals surface area (Å²) in [4.78, 5) is 4.96. The second kappa shape index (κ2) is 7.63. The van der Waals surface area contributed by atoms with Crippen molar-refractivity contribution in [2.24, 2.45) is 0 Å². The van der Waals surface area contributed by atoms with Crippen LogP contribution in [0.3, 0.4) is 0 Å². The van der Waals surface area contributed by atoms with Gasteiger partial charge in [0.2, 0.25) is 0 Å². The van der Waals surface area contributed by atoms with E-state index in [2.05, 4.69) is 59.4 Å². The first kappa shape index (κ1) is 14.5. The van der Waals surface area contributed by atoms with Crippen molar-refractivity contribution in [1.29, 1.82) is 0 Å². The summed E-state index contributed by atoms with van der Waals surface area (Å²) in [5.41, 5.74) is 1.42. The molecule has 106 valence electrons. The maximum atomic E-state index is 3.63. The lowest BCUT2D eigenvalue weighted by molar-refractivity contribution is 0.154. The van der Waals surface area contributed by atoms with E-state index in [1.807, 2.05) is 0 Å². The van der Waals surface area contributed by atoms with Crippen LogP contribution in [-0.4, -0.2) is 62.2 Å². The lowest BCUT2D eigenvalue weighted by Gasteiger charge is -2.32. The highest BCUT2D eigenvalue weighted by atomic mass is 15.2. The van der Waals surface area contributed by atoms with E-state index >= 15 is 0 Å². The molecule has 0 amide bonds. The molecule has 19 heavy (non-hydrogen) atoms. The molecule has 3 heteroatoms. The van der Waals surface area contributed by atoms with E-state index in [4.69, 9.17) is 0 Å². The molecule has 3 nitrogen and oxygen atoms in total. The fraction of sp³-hybridized carbons (Fsp3) is 0.625. The number of rotatable bonds is 6. The summed E-state index contributed by atoms with van der Waals surface area (Å²) >= 11 is 0. The predicted molar refractivity (Wildman–Crippen MR) is 81.5 cm³/mol. The molecule has 0 bridgehead atoms. The van der Waals surface area contributed by atoms with E-state index in [1.54, 1.807) is 0 Å². The van der Waals surface area contributed by atoms with E-state index in [-0.39, 0.29) is 0 Å². The van der Waals surface area contributed by atoms with Gasteiger partial charge in [0.05, 0.1) is 0 Å². The molecular formula is C16H27N3. The van der Waals surface area contributed by atoms with Crippen molar-refractivity contribution < 1.29 is 0 Å². The van der Waals surface area contributed by atoms with Crippen molar-refractivity contribution in [3.8, 4) is 0 Å². The van der Waals surface area contributed by atoms with Crippen LogP contribution in [0.15, 0.2) is 30.3 Å². The average molecular weight is 261 g/mol. The summed E-state index contributed by atoms with van der Waals surface area (Å²) in [7, 11) is 2.21. The minimum Gasteiger partial charge on any atom is -0.313 e. The van der Waals surface area contributed by atoms with Gasteiger partial charge in [0.1, 0.15) is 0 Å². The molecule has 1 aromatic carbocycles. The molecule has 0 saturated carbocycles. The molecule has 0 aromatic heterocycles. The molecule has 0 radical (unpaired) electrons. The van der Waals surface area contributed by atoms with Gasteiger partial charge < -0.3 is 10.2 Å². The van der Waals surface area contributed by atoms with Crippen LogP contribution in [0.1, 0.15) is 12.5 Å². The van der Waals surface area contributed by atoms with Crippen LogP contribution in [0, 0.1) is 0 Å². The first-order valence-electron chi connectivity index (χ1n) is 7.42. The topological polar surface area (TPSA) is 18.5 Å². The molecule has 1 aliphatic rings. The first-order chi connectivity index (χ1) is 9.24. The summed E-state index contributed by atoms with van der Waals surface area (Å²) in [5.74, 6) is 0. The number of likely N-dealkylation sites (N-methyl/N-ethyl adjacent to an activating group) is 1. The Morgan fingerprint density at radius 1 is 1.11 bits per heavy atom. The van der Waals surface area contributed by atoms with Gasteiger partial charge in [-0.25, -0.2) is 0 Å². The van der Waals surface area contributed by atoms with Crippen LogP contribution in [-0.2, 0) is 6.42 Å². The van der Waals surface area contributed by atoms with Gasteiger partial charge in [-0.1, -0.05) is 30.3 Å². The lowest BCUT2D eigenvalue weighted by atomic mass is 10.1. The zero-order valence-corrected chi connectivity index (χ0v) is 12.3. The summed E-state index contributed by atoms with van der Waals surface area (Å²) < 4.78 is 0. The lowest BCUT2D eigenvalue weighted by Crippen LogP contribution is -2.47. The Balaban J connectivity index is 1.60. The van der Waals surface area contributed by atoms with Gasteiger partial charge in [-0.2, -0.15) is 0 Å². The Morgan fingerprint density at radius 2 is 1.79 bits per heavy atom. The Bertz CT molecular complexity index is 344. The average Bonchev–Trinajstić information content (AvgIpc) is 2.42. The van der Waals surface area contributed by atoms with E-state index in [9.17, 15) is 0 Å². The Labute approximate surface area is 117 Å². The second-order valence-electron chi connectivity index (χ2n) is 5.69. The minimum atomic E-state index is 0.551. The summed E-state index contributed by atoms with van der Waals surface area (Å²) in [5, 5.41) is 3.63. The largest absolute Gasteiger partial charge is 0.313 e. The van der Waals surface area contributed by atoms with Gasteiger partial charge >= 0.3 is 0 Å². The van der Waals surface area contributed by atoms with Gasteiger partial charge in [-0.3, -0.25) is 4.90 Å². The molecule has 1 fully saturated rings. The Morgan fingerprint density at radius 3 is 2.47 bits per heavy atom. The van der Waals surface area contributed by atoms with Crippen LogP contribution in [0.5, 0.6) is 0 Å². The third-order valence-electron chi connectivity index (χ3n) is 3.90. The van der Waals surface area contributed by atoms with Crippen molar-refractivity contribution in [2.45, 2.75) is 19.4 Å². The fourth-order valence-electron chi connectivity index (χ4n) is 2.58. The number of benzene rings is 1. The van der Waals surface area contributed by atoms with Crippen LogP contribution in [0.4, 0.5) is 0 Å². The van der Waals surface area contributed by atoms with Crippen molar-refractivity contribution in [1.82, 2.24) is 15.1 Å². The molecule has 2 rings (SSSR count). The molecule has 1 heterocycles. The predicted octanol–water partition coefficient (Wildman–Crippen LogP) is 1.45. The van der Waals surface area contributed by atoms with Crippen LogP contribution >= 0.6 is 0 Å². The van der Waals surface area contributed by atoms with Gasteiger partial charge in [0, 0.05) is 45.3 Å². The van der Waals surface area contributed by atoms with E-state index in [0.29, 0.717) is 6.04 Å². The van der Waals surface area contributed by atoms with E-state index in [1.165, 1.54) is 38.3 Å². The van der Waals surface area contributed by atoms with Gasteiger partial charge in [-0.15, -0.1) is 0 Å². The third kappa shape index (κ3) is 5.31. The zero-order chi connectivity index (χ0) is 13.5. The van der Waals surface area contributed by atoms with Crippen molar-refractivity contribution in [3.05, 3.63) is 35.9 Å². The van der Waals surface area contributed by atoms with Crippen LogP contribution in [0.25, 0.3) is 0 Å². The monoisotopic (exact) mass is 261 g/mol. The van der Waals surface area contributed by atoms with Crippen molar-refractivity contribution >= 4 is 0 Å². The van der Waals surface area contributed by atoms with E-state index < -0.39 is 0 Å². The van der Waals surface area contributed by atoms with E-state index in [0.717, 1.165) is 13.0 Å². The molecule has 1 aromatic rings. The smallest absolute Gasteiger partial charge is 0.0110 e. The SMILES string of the molecule is CC(Cc1ccccc1)NCCN1CCN(C)CC1. The molecule has 1 N–H and O–H groups in total. The molecule has 1 saturated heterocycles. The summed E-state index contributed by atoms with van der Waals surface area (Å²) in [6, 6.07) is 11.3. The molecular weight excluding hydrogens is 234 g/mol. The molecule has 1 aliphatic heterocycles. The molecule has 1 unspecified atom stereocenters. The number of nitrogens with zero attached hydrogens (tertiary/aromatic N) is 2. The normalized spacial score (nSPS) is 19.5. The minimum absolute atomic E-state index is 0.551. The van der Waals surface area contributed by atoms with Crippen LogP contribution < -0.4 is 5.32 Å². The van der Waals surface area contributed by atoms with Crippen LogP contribution in [0.2, 0.25) is 0 Å². The molecule has 0 spiro atoms. The summed E-state index contributed by atoms with van der Waals surface area (Å²) in [6.45, 7) is 9.39. The Kier molecular flexibility index (Phi) is 5.83. The molecule has 0 aliphatic carbocycles. The highest BCUT2D eigenvalue weighted by Gasteiger charge is 2.13. The standard InChI is InChI=1S/C16H27N3/c1-15(14-16-6-4-3-5-7-16)17-8-9-19-12-10-18(2)11-13-19/h3-7,15,17H,8-14H2,1-2H3. The number of piperazine rings is 1. The maximum Gasteiger partial charge on any atom is 0.0110 e. The fourth-order valence-corrected chi connectivity index (χ4v) is 2.58. The van der Waals surface area contributed by atoms with Crippen molar-refractivity contribution in [3.63, 3.8) is 0 Å². The Hall–Kier alpha value is -0.900. The quantitative estimate of drug-likeness (QED) is 0.836. The highest BCUT2D eigenvalue weighted by molar-refractivity contribution is 5.15. The maximum absolute atomic E-state index is 3.63. The number of hydrogen-bond acceptors (Lipinski definition) is 3. The third-order valence-corrected chi connectivity index (χ3v) is 3.90. The van der Waals surface area contributed by atoms with Gasteiger partial charge in [-0.05, 0) is 26.0 Å². The second-order valence-corrected chi connectivity index (χ2v) is 5.69. The van der Waals surface area contributed by atoms with Gasteiger partial charge in [0.15, 0.2) is 0 Å². The zero-order valence-electron chi connectivity index (χ0n) is 12.3. The molecule has 1 atom stereocenters. The first-order valence-corrected chi connectivity index (χ1v) is 7.42. The number of hydrogen-bond donors (Lipinski definition) is 1. The van der Waals surface area contributed by atoms with Crippen molar-refractivity contribution in [2.75, 3.05) is 46.3 Å². The van der Waals surface area contributed by atoms with Gasteiger partial charge in [0.25, 0.3) is 0 Å². The highest BCUT2D eigenvalue weighted by Crippen LogP contribution is 2.03. The summed E-state index contributed by atoms with van der Waals surface area (Å²) in [6.07, 6.45) is 1.11. The number of nitrogens with one attached hydrogen (secondary N) is 1.